The molecule has 0 aromatic heterocycles. The quantitative estimate of drug-likeness (QED) is 0.874. The molecule has 1 aliphatic rings. The van der Waals surface area contributed by atoms with Gasteiger partial charge in [-0.2, -0.15) is 0 Å². The van der Waals surface area contributed by atoms with Crippen molar-refractivity contribution < 1.29 is 9.90 Å². The number of carbonyl (C=O) groups is 1. The molecule has 0 bridgehead atoms. The number of hydrogen-bond donors (Lipinski definition) is 2. The van der Waals surface area contributed by atoms with Crippen molar-refractivity contribution in [2.75, 3.05) is 13.1 Å². The number of likely N-dealkylation sites (tertiary alicyclic amines) is 1. The van der Waals surface area contributed by atoms with E-state index in [-0.39, 0.29) is 6.04 Å². The lowest BCUT2D eigenvalue weighted by molar-refractivity contribution is -0.142. The topological polar surface area (TPSA) is 66.6 Å². The average molecular weight is 290 g/mol. The first kappa shape index (κ1) is 16.0. The minimum Gasteiger partial charge on any atom is -0.480 e. The molecule has 21 heavy (non-hydrogen) atoms. The van der Waals surface area contributed by atoms with Crippen molar-refractivity contribution in [3.8, 4) is 0 Å². The fraction of sp³-hybridized carbons (Fsp3) is 0.588. The van der Waals surface area contributed by atoms with E-state index >= 15 is 0 Å². The van der Waals surface area contributed by atoms with Gasteiger partial charge in [-0.05, 0) is 36.8 Å². The Balaban J connectivity index is 2.04. The Bertz CT molecular complexity index is 498. The Morgan fingerprint density at radius 1 is 1.33 bits per heavy atom. The van der Waals surface area contributed by atoms with Crippen LogP contribution in [0, 0.1) is 5.92 Å². The number of carboxylic acids is 1. The molecule has 2 rings (SSSR count). The minimum atomic E-state index is -1.09. The molecule has 4 heteroatoms. The summed E-state index contributed by atoms with van der Waals surface area (Å²) in [5, 5.41) is 9.21. The van der Waals surface area contributed by atoms with Gasteiger partial charge in [0.1, 0.15) is 5.54 Å². The van der Waals surface area contributed by atoms with Crippen LogP contribution >= 0.6 is 0 Å². The maximum atomic E-state index is 11.2. The summed E-state index contributed by atoms with van der Waals surface area (Å²) in [4.78, 5) is 13.4. The summed E-state index contributed by atoms with van der Waals surface area (Å²) in [6.45, 7) is 7.70. The van der Waals surface area contributed by atoms with Crippen LogP contribution in [0.1, 0.15) is 44.4 Å². The van der Waals surface area contributed by atoms with Gasteiger partial charge in [0.05, 0.1) is 0 Å². The predicted molar refractivity (Wildman–Crippen MR) is 84.1 cm³/mol. The van der Waals surface area contributed by atoms with Crippen molar-refractivity contribution in [2.24, 2.45) is 11.7 Å². The van der Waals surface area contributed by atoms with Crippen molar-refractivity contribution in [2.45, 2.75) is 45.2 Å². The molecule has 1 heterocycles. The fourth-order valence-electron chi connectivity index (χ4n) is 2.98. The monoisotopic (exact) mass is 290 g/mol. The third-order valence-electron chi connectivity index (χ3n) is 4.41. The molecule has 1 aliphatic heterocycles. The van der Waals surface area contributed by atoms with Crippen molar-refractivity contribution in [3.63, 3.8) is 0 Å². The molecule has 1 saturated heterocycles. The minimum absolute atomic E-state index is 0.197. The van der Waals surface area contributed by atoms with E-state index in [4.69, 9.17) is 5.73 Å². The van der Waals surface area contributed by atoms with Crippen molar-refractivity contribution >= 4 is 5.97 Å². The molecule has 2 atom stereocenters. The van der Waals surface area contributed by atoms with E-state index < -0.39 is 11.5 Å². The van der Waals surface area contributed by atoms with Gasteiger partial charge in [-0.25, -0.2) is 0 Å². The van der Waals surface area contributed by atoms with Gasteiger partial charge in [-0.15, -0.1) is 0 Å². The van der Waals surface area contributed by atoms with Crippen LogP contribution in [0.2, 0.25) is 0 Å². The molecule has 1 fully saturated rings. The average Bonchev–Trinajstić information content (AvgIpc) is 2.82. The molecular formula is C17H26N2O2. The van der Waals surface area contributed by atoms with E-state index in [9.17, 15) is 9.90 Å². The predicted octanol–water partition coefficient (Wildman–Crippen LogP) is 2.43. The van der Waals surface area contributed by atoms with Crippen LogP contribution in [-0.4, -0.2) is 34.6 Å². The highest BCUT2D eigenvalue weighted by Gasteiger charge is 2.42. The summed E-state index contributed by atoms with van der Waals surface area (Å²) < 4.78 is 0. The van der Waals surface area contributed by atoms with Gasteiger partial charge in [0, 0.05) is 19.1 Å². The first-order valence-corrected chi connectivity index (χ1v) is 7.67. The summed E-state index contributed by atoms with van der Waals surface area (Å²) in [6.07, 6.45) is 1.60. The number of nitrogens with zero attached hydrogens (tertiary/aromatic N) is 1. The van der Waals surface area contributed by atoms with E-state index in [1.807, 2.05) is 0 Å². The first-order chi connectivity index (χ1) is 9.82. The Morgan fingerprint density at radius 3 is 2.43 bits per heavy atom. The van der Waals surface area contributed by atoms with Crippen LogP contribution in [0.15, 0.2) is 24.3 Å². The van der Waals surface area contributed by atoms with Gasteiger partial charge >= 0.3 is 5.97 Å². The summed E-state index contributed by atoms with van der Waals surface area (Å²) >= 11 is 0. The van der Waals surface area contributed by atoms with Crippen LogP contribution in [0.4, 0.5) is 0 Å². The van der Waals surface area contributed by atoms with Crippen LogP contribution < -0.4 is 5.73 Å². The second kappa shape index (κ2) is 6.16. The van der Waals surface area contributed by atoms with Gasteiger partial charge < -0.3 is 10.8 Å². The van der Waals surface area contributed by atoms with Crippen LogP contribution in [-0.2, 0) is 11.2 Å². The molecule has 0 radical (unpaired) electrons. The van der Waals surface area contributed by atoms with Crippen molar-refractivity contribution in [1.29, 1.82) is 0 Å². The zero-order valence-corrected chi connectivity index (χ0v) is 13.2. The van der Waals surface area contributed by atoms with E-state index in [1.54, 1.807) is 0 Å². The summed E-state index contributed by atoms with van der Waals surface area (Å²) in [7, 11) is 0. The highest BCUT2D eigenvalue weighted by atomic mass is 16.4. The Kier molecular flexibility index (Phi) is 4.69. The van der Waals surface area contributed by atoms with E-state index in [0.29, 0.717) is 18.9 Å². The molecule has 0 spiro atoms. The van der Waals surface area contributed by atoms with Gasteiger partial charge in [-0.1, -0.05) is 38.1 Å². The van der Waals surface area contributed by atoms with E-state index in [1.165, 1.54) is 11.1 Å². The van der Waals surface area contributed by atoms with Crippen LogP contribution in [0.5, 0.6) is 0 Å². The summed E-state index contributed by atoms with van der Waals surface area (Å²) in [5.74, 6) is -0.246. The van der Waals surface area contributed by atoms with Gasteiger partial charge in [0.15, 0.2) is 0 Å². The molecule has 1 aromatic carbocycles. The maximum Gasteiger partial charge on any atom is 0.325 e. The summed E-state index contributed by atoms with van der Waals surface area (Å²) in [6, 6.07) is 8.85. The van der Waals surface area contributed by atoms with Gasteiger partial charge in [0.25, 0.3) is 0 Å². The second-order valence-corrected chi connectivity index (χ2v) is 6.70. The third kappa shape index (κ3) is 3.63. The molecule has 0 saturated carbocycles. The lowest BCUT2D eigenvalue weighted by atomic mass is 9.99. The Labute approximate surface area is 126 Å². The molecule has 1 aromatic rings. The summed E-state index contributed by atoms with van der Waals surface area (Å²) in [5.41, 5.74) is 7.42. The Morgan fingerprint density at radius 2 is 1.95 bits per heavy atom. The lowest BCUT2D eigenvalue weighted by Crippen LogP contribution is -2.50. The highest BCUT2D eigenvalue weighted by Crippen LogP contribution is 2.29. The molecule has 0 aliphatic carbocycles. The van der Waals surface area contributed by atoms with E-state index in [0.717, 1.165) is 13.0 Å². The first-order valence-electron chi connectivity index (χ1n) is 7.67. The molecule has 116 valence electrons. The fourth-order valence-corrected chi connectivity index (χ4v) is 2.98. The number of benzene rings is 1. The van der Waals surface area contributed by atoms with Crippen molar-refractivity contribution in [3.05, 3.63) is 35.4 Å². The Hall–Kier alpha value is -1.39. The lowest BCUT2D eigenvalue weighted by Gasteiger charge is -2.26. The number of hydrogen-bond acceptors (Lipinski definition) is 3. The number of carboxylic acid groups (broad SMARTS) is 1. The normalized spacial score (nSPS) is 24.4. The SMILES string of the molecule is CC(C)Cc1ccc(C(C)N2CCC(N)(C(=O)O)C2)cc1. The molecule has 4 nitrogen and oxygen atoms in total. The smallest absolute Gasteiger partial charge is 0.325 e. The largest absolute Gasteiger partial charge is 0.480 e. The highest BCUT2D eigenvalue weighted by molar-refractivity contribution is 5.79. The molecule has 3 N–H and O–H groups in total. The number of aliphatic carboxylic acids is 1. The maximum absolute atomic E-state index is 11.2. The number of nitrogens with two attached hydrogens (primary N) is 1. The van der Waals surface area contributed by atoms with E-state index in [2.05, 4.69) is 49.9 Å². The zero-order chi connectivity index (χ0) is 15.6. The van der Waals surface area contributed by atoms with Gasteiger partial charge in [-0.3, -0.25) is 9.69 Å². The second-order valence-electron chi connectivity index (χ2n) is 6.70. The molecule has 0 amide bonds. The standard InChI is InChI=1S/C17H26N2O2/c1-12(2)10-14-4-6-15(7-5-14)13(3)19-9-8-17(18,11-19)16(20)21/h4-7,12-13H,8-11,18H2,1-3H3,(H,20,21). The van der Waals surface area contributed by atoms with Crippen LogP contribution in [0.25, 0.3) is 0 Å². The number of rotatable bonds is 5. The van der Waals surface area contributed by atoms with Gasteiger partial charge in [0.2, 0.25) is 0 Å². The zero-order valence-electron chi connectivity index (χ0n) is 13.2. The molecule has 2 unspecified atom stereocenters. The third-order valence-corrected chi connectivity index (χ3v) is 4.41. The molecular weight excluding hydrogens is 264 g/mol. The van der Waals surface area contributed by atoms with Crippen molar-refractivity contribution in [1.82, 2.24) is 4.90 Å². The van der Waals surface area contributed by atoms with Crippen LogP contribution in [0.3, 0.4) is 0 Å².